The van der Waals surface area contributed by atoms with E-state index in [2.05, 4.69) is 10.2 Å². The van der Waals surface area contributed by atoms with Crippen molar-refractivity contribution in [2.24, 2.45) is 0 Å². The molecule has 0 aliphatic rings. The molecule has 0 spiro atoms. The zero-order valence-corrected chi connectivity index (χ0v) is 16.5. The fraction of sp³-hybridized carbons (Fsp3) is 0.150. The van der Waals surface area contributed by atoms with Crippen LogP contribution in [0.3, 0.4) is 0 Å². The summed E-state index contributed by atoms with van der Waals surface area (Å²) in [5.41, 5.74) is 1.29. The Labute approximate surface area is 171 Å². The third kappa shape index (κ3) is 4.33. The highest BCUT2D eigenvalue weighted by Crippen LogP contribution is 2.41. The van der Waals surface area contributed by atoms with Gasteiger partial charge in [0.25, 0.3) is 5.89 Å². The molecule has 9 heteroatoms. The van der Waals surface area contributed by atoms with E-state index in [0.29, 0.717) is 28.4 Å². The second-order valence-corrected chi connectivity index (χ2v) is 6.14. The average Bonchev–Trinajstić information content (AvgIpc) is 3.23. The first-order valence-electron chi connectivity index (χ1n) is 8.29. The number of hydrogen-bond acceptors (Lipinski definition) is 8. The number of aromatic carboxylic acids is 1. The molecule has 3 rings (SSSR count). The summed E-state index contributed by atoms with van der Waals surface area (Å²) in [6.45, 7) is 0. The number of hydrogen-bond donors (Lipinski definition) is 0. The fourth-order valence-electron chi connectivity index (χ4n) is 2.56. The number of methoxy groups -OCH3 is 3. The molecular weight excluding hydrogens is 400 g/mol. The van der Waals surface area contributed by atoms with Crippen molar-refractivity contribution in [3.05, 3.63) is 53.4 Å². The molecule has 1 aromatic heterocycles. The maximum atomic E-state index is 10.8. The van der Waals surface area contributed by atoms with Crippen molar-refractivity contribution < 1.29 is 28.5 Å². The third-order valence-corrected chi connectivity index (χ3v) is 4.25. The molecule has 0 N–H and O–H groups in total. The molecule has 0 aliphatic heterocycles. The van der Waals surface area contributed by atoms with Crippen LogP contribution in [-0.4, -0.2) is 37.5 Å². The van der Waals surface area contributed by atoms with Crippen LogP contribution < -0.4 is 19.3 Å². The van der Waals surface area contributed by atoms with Gasteiger partial charge in [-0.25, -0.2) is 0 Å². The van der Waals surface area contributed by atoms with Gasteiger partial charge in [0.05, 0.1) is 27.3 Å². The lowest BCUT2D eigenvalue weighted by Crippen LogP contribution is -2.21. The van der Waals surface area contributed by atoms with Gasteiger partial charge in [-0.3, -0.25) is 0 Å². The molecule has 0 bridgehead atoms. The number of carboxylic acids is 1. The third-order valence-electron chi connectivity index (χ3n) is 3.98. The second-order valence-electron chi connectivity index (χ2n) is 5.73. The van der Waals surface area contributed by atoms with E-state index in [1.807, 2.05) is 0 Å². The molecule has 0 unspecified atom stereocenters. The standard InChI is InChI=1S/C20H17ClN2O6/c1-26-15-9-13(10-16(27-2)17(15)28-3)18-22-23-19(29-18)14(21)8-11-4-6-12(7-5-11)20(24)25/h4-10H,1-3H3,(H,24,25)/p-1/b14-8-. The Bertz CT molecular complexity index is 1030. The van der Waals surface area contributed by atoms with Crippen LogP contribution in [0.5, 0.6) is 17.2 Å². The zero-order valence-electron chi connectivity index (χ0n) is 15.8. The monoisotopic (exact) mass is 415 g/mol. The minimum Gasteiger partial charge on any atom is -0.545 e. The maximum absolute atomic E-state index is 10.8. The summed E-state index contributed by atoms with van der Waals surface area (Å²) in [4.78, 5) is 10.8. The van der Waals surface area contributed by atoms with Crippen molar-refractivity contribution >= 4 is 28.7 Å². The van der Waals surface area contributed by atoms with Crippen LogP contribution in [0.2, 0.25) is 0 Å². The van der Waals surface area contributed by atoms with E-state index in [9.17, 15) is 9.90 Å². The predicted molar refractivity (Wildman–Crippen MR) is 104 cm³/mol. The van der Waals surface area contributed by atoms with Gasteiger partial charge in [0.1, 0.15) is 5.03 Å². The molecule has 0 atom stereocenters. The van der Waals surface area contributed by atoms with Gasteiger partial charge >= 0.3 is 0 Å². The van der Waals surface area contributed by atoms with Crippen molar-refractivity contribution in [1.29, 1.82) is 0 Å². The zero-order chi connectivity index (χ0) is 21.0. The molecular formula is C20H16ClN2O6-. The van der Waals surface area contributed by atoms with Crippen LogP contribution in [0.15, 0.2) is 40.8 Å². The molecule has 0 radical (unpaired) electrons. The van der Waals surface area contributed by atoms with Gasteiger partial charge in [-0.1, -0.05) is 35.9 Å². The van der Waals surface area contributed by atoms with Crippen molar-refractivity contribution in [3.63, 3.8) is 0 Å². The molecule has 0 saturated heterocycles. The summed E-state index contributed by atoms with van der Waals surface area (Å²) >= 11 is 6.28. The lowest BCUT2D eigenvalue weighted by Gasteiger charge is -2.12. The Kier molecular flexibility index (Phi) is 6.04. The highest BCUT2D eigenvalue weighted by Gasteiger charge is 2.18. The molecule has 1 heterocycles. The van der Waals surface area contributed by atoms with Gasteiger partial charge in [-0.2, -0.15) is 0 Å². The average molecular weight is 416 g/mol. The Morgan fingerprint density at radius 3 is 2.17 bits per heavy atom. The first-order chi connectivity index (χ1) is 14.0. The maximum Gasteiger partial charge on any atom is 0.259 e. The number of carbonyl (C=O) groups excluding carboxylic acids is 1. The molecule has 3 aromatic rings. The molecule has 29 heavy (non-hydrogen) atoms. The van der Waals surface area contributed by atoms with Crippen LogP contribution >= 0.6 is 11.6 Å². The fourth-order valence-corrected chi connectivity index (χ4v) is 2.77. The van der Waals surface area contributed by atoms with Crippen molar-refractivity contribution in [1.82, 2.24) is 10.2 Å². The number of halogens is 1. The van der Waals surface area contributed by atoms with E-state index in [0.717, 1.165) is 0 Å². The van der Waals surface area contributed by atoms with Crippen molar-refractivity contribution in [2.45, 2.75) is 0 Å². The summed E-state index contributed by atoms with van der Waals surface area (Å²) in [7, 11) is 4.52. The number of benzene rings is 2. The summed E-state index contributed by atoms with van der Waals surface area (Å²) < 4.78 is 21.6. The summed E-state index contributed by atoms with van der Waals surface area (Å²) in [6, 6.07) is 9.36. The molecule has 150 valence electrons. The van der Waals surface area contributed by atoms with Gasteiger partial charge in [0, 0.05) is 5.56 Å². The largest absolute Gasteiger partial charge is 0.545 e. The topological polar surface area (TPSA) is 107 Å². The number of nitrogens with zero attached hydrogens (tertiary/aromatic N) is 2. The van der Waals surface area contributed by atoms with Crippen LogP contribution in [0.4, 0.5) is 0 Å². The quantitative estimate of drug-likeness (QED) is 0.579. The second kappa shape index (κ2) is 8.66. The van der Waals surface area contributed by atoms with Gasteiger partial charge in [-0.15, -0.1) is 10.2 Å². The van der Waals surface area contributed by atoms with E-state index in [1.54, 1.807) is 30.3 Å². The number of aromatic nitrogens is 2. The number of carbonyl (C=O) groups is 1. The molecule has 0 aliphatic carbocycles. The highest BCUT2D eigenvalue weighted by molar-refractivity contribution is 6.50. The van der Waals surface area contributed by atoms with Crippen LogP contribution in [0, 0.1) is 0 Å². The van der Waals surface area contributed by atoms with Gasteiger partial charge in [0.2, 0.25) is 11.6 Å². The Morgan fingerprint density at radius 1 is 1.03 bits per heavy atom. The van der Waals surface area contributed by atoms with Crippen LogP contribution in [0.1, 0.15) is 21.8 Å². The summed E-state index contributed by atoms with van der Waals surface area (Å²) in [5.74, 6) is 0.375. The number of rotatable bonds is 7. The first-order valence-corrected chi connectivity index (χ1v) is 8.67. The molecule has 2 aromatic carbocycles. The van der Waals surface area contributed by atoms with Crippen molar-refractivity contribution in [2.75, 3.05) is 21.3 Å². The van der Waals surface area contributed by atoms with E-state index < -0.39 is 5.97 Å². The SMILES string of the molecule is COc1cc(-c2nnc(/C(Cl)=C/c3ccc(C(=O)[O-])cc3)o2)cc(OC)c1OC. The first kappa shape index (κ1) is 20.2. The van der Waals surface area contributed by atoms with Crippen LogP contribution in [-0.2, 0) is 0 Å². The normalized spacial score (nSPS) is 11.2. The Hall–Kier alpha value is -3.52. The lowest BCUT2D eigenvalue weighted by atomic mass is 10.1. The van der Waals surface area contributed by atoms with Crippen LogP contribution in [0.25, 0.3) is 22.6 Å². The molecule has 0 saturated carbocycles. The minimum absolute atomic E-state index is 0.0701. The van der Waals surface area contributed by atoms with E-state index in [1.165, 1.54) is 33.5 Å². The van der Waals surface area contributed by atoms with Gasteiger partial charge < -0.3 is 28.5 Å². The molecule has 0 fully saturated rings. The summed E-state index contributed by atoms with van der Waals surface area (Å²) in [6.07, 6.45) is 1.58. The smallest absolute Gasteiger partial charge is 0.259 e. The van der Waals surface area contributed by atoms with Gasteiger partial charge in [0.15, 0.2) is 11.5 Å². The van der Waals surface area contributed by atoms with E-state index >= 15 is 0 Å². The predicted octanol–water partition coefficient (Wildman–Crippen LogP) is 2.86. The molecule has 8 nitrogen and oxygen atoms in total. The number of ether oxygens (including phenoxy) is 3. The van der Waals surface area contributed by atoms with Crippen molar-refractivity contribution in [3.8, 4) is 28.7 Å². The molecule has 0 amide bonds. The minimum atomic E-state index is -1.25. The van der Waals surface area contributed by atoms with E-state index in [-0.39, 0.29) is 22.4 Å². The Morgan fingerprint density at radius 2 is 1.66 bits per heavy atom. The lowest BCUT2D eigenvalue weighted by molar-refractivity contribution is -0.255. The van der Waals surface area contributed by atoms with Gasteiger partial charge in [-0.05, 0) is 29.3 Å². The number of carboxylic acid groups (broad SMARTS) is 1. The Balaban J connectivity index is 1.91. The highest BCUT2D eigenvalue weighted by atomic mass is 35.5. The summed E-state index contributed by atoms with van der Waals surface area (Å²) in [5, 5.41) is 19.0. The van der Waals surface area contributed by atoms with E-state index in [4.69, 9.17) is 30.2 Å².